The quantitative estimate of drug-likeness (QED) is 0.859. The van der Waals surface area contributed by atoms with Gasteiger partial charge in [-0.15, -0.1) is 0 Å². The molecule has 6 heteroatoms. The summed E-state index contributed by atoms with van der Waals surface area (Å²) in [7, 11) is 4.83. The summed E-state index contributed by atoms with van der Waals surface area (Å²) in [6.45, 7) is -0.124. The van der Waals surface area contributed by atoms with Gasteiger partial charge in [0.2, 0.25) is 0 Å². The number of hydrogen-bond acceptors (Lipinski definition) is 6. The molecule has 5 atom stereocenters. The van der Waals surface area contributed by atoms with E-state index in [0.29, 0.717) is 0 Å². The van der Waals surface area contributed by atoms with Crippen molar-refractivity contribution in [2.45, 2.75) is 34.7 Å². The molecule has 0 saturated carbocycles. The number of hydrogen-bond donors (Lipinski definition) is 1. The van der Waals surface area contributed by atoms with Gasteiger partial charge in [0.25, 0.3) is 0 Å². The van der Waals surface area contributed by atoms with Crippen LogP contribution in [0.4, 0.5) is 0 Å². The van der Waals surface area contributed by atoms with E-state index in [2.05, 4.69) is 0 Å². The Morgan fingerprint density at radius 1 is 1.00 bits per heavy atom. The van der Waals surface area contributed by atoms with Crippen molar-refractivity contribution >= 4 is 11.8 Å². The lowest BCUT2D eigenvalue weighted by Gasteiger charge is -2.44. The van der Waals surface area contributed by atoms with E-state index in [0.717, 1.165) is 4.90 Å². The van der Waals surface area contributed by atoms with Crippen LogP contribution in [0.2, 0.25) is 0 Å². The van der Waals surface area contributed by atoms with Gasteiger partial charge in [-0.1, -0.05) is 30.0 Å². The minimum Gasteiger partial charge on any atom is -0.394 e. The number of rotatable bonds is 6. The van der Waals surface area contributed by atoms with Crippen LogP contribution in [0.25, 0.3) is 0 Å². The van der Waals surface area contributed by atoms with Crippen molar-refractivity contribution in [2.24, 2.45) is 0 Å². The highest BCUT2D eigenvalue weighted by Gasteiger charge is 2.47. The van der Waals surface area contributed by atoms with Gasteiger partial charge in [0, 0.05) is 26.2 Å². The third-order valence-electron chi connectivity index (χ3n) is 3.58. The molecule has 1 fully saturated rings. The third kappa shape index (κ3) is 3.77. The Labute approximate surface area is 129 Å². The Morgan fingerprint density at radius 3 is 2.14 bits per heavy atom. The summed E-state index contributed by atoms with van der Waals surface area (Å²) in [5, 5.41) is 9.54. The maximum Gasteiger partial charge on any atom is 0.137 e. The first-order valence-corrected chi connectivity index (χ1v) is 7.69. The van der Waals surface area contributed by atoms with E-state index in [-0.39, 0.29) is 30.4 Å². The highest BCUT2D eigenvalue weighted by molar-refractivity contribution is 7.99. The molecule has 1 N–H and O–H groups in total. The molecule has 1 aromatic carbocycles. The molecule has 1 saturated heterocycles. The van der Waals surface area contributed by atoms with Crippen LogP contribution in [0.15, 0.2) is 35.2 Å². The van der Waals surface area contributed by atoms with Crippen LogP contribution in [0.5, 0.6) is 0 Å². The average molecular weight is 314 g/mol. The summed E-state index contributed by atoms with van der Waals surface area (Å²) in [5.74, 6) is 0. The molecular weight excluding hydrogens is 292 g/mol. The number of benzene rings is 1. The molecule has 0 aliphatic carbocycles. The van der Waals surface area contributed by atoms with Crippen molar-refractivity contribution in [1.82, 2.24) is 0 Å². The van der Waals surface area contributed by atoms with E-state index in [1.807, 2.05) is 30.3 Å². The van der Waals surface area contributed by atoms with Crippen molar-refractivity contribution in [2.75, 3.05) is 27.9 Å². The Bertz CT molecular complexity index is 416. The first-order chi connectivity index (χ1) is 10.2. The van der Waals surface area contributed by atoms with Gasteiger partial charge in [0.05, 0.1) is 6.61 Å². The smallest absolute Gasteiger partial charge is 0.137 e. The van der Waals surface area contributed by atoms with Gasteiger partial charge in [-0.3, -0.25) is 0 Å². The van der Waals surface area contributed by atoms with Crippen LogP contribution in [-0.2, 0) is 18.9 Å². The van der Waals surface area contributed by atoms with Crippen molar-refractivity contribution < 1.29 is 24.1 Å². The molecule has 0 amide bonds. The first kappa shape index (κ1) is 16.7. The summed E-state index contributed by atoms with van der Waals surface area (Å²) in [5.41, 5.74) is -0.272. The topological polar surface area (TPSA) is 57.2 Å². The van der Waals surface area contributed by atoms with E-state index in [1.165, 1.54) is 0 Å². The normalized spacial score (nSPS) is 33.0. The standard InChI is InChI=1S/C15H22O5S/c1-17-12-11(9-16)20-15(14(19-3)13(12)18-2)21-10-7-5-4-6-8-10/h4-8,11-16H,9H2,1-3H3/t11-,12-,13+,14-,15+/m1/s1. The molecule has 0 aromatic heterocycles. The number of ether oxygens (including phenoxy) is 4. The van der Waals surface area contributed by atoms with Gasteiger partial charge in [-0.2, -0.15) is 0 Å². The predicted molar refractivity (Wildman–Crippen MR) is 80.4 cm³/mol. The fraction of sp³-hybridized carbons (Fsp3) is 0.600. The minimum atomic E-state index is -0.437. The molecule has 2 rings (SSSR count). The zero-order valence-corrected chi connectivity index (χ0v) is 13.3. The van der Waals surface area contributed by atoms with Gasteiger partial charge >= 0.3 is 0 Å². The molecule has 0 bridgehead atoms. The Balaban J connectivity index is 2.19. The van der Waals surface area contributed by atoms with Gasteiger partial charge < -0.3 is 24.1 Å². The fourth-order valence-electron chi connectivity index (χ4n) is 2.55. The molecule has 1 heterocycles. The van der Waals surface area contributed by atoms with Gasteiger partial charge in [-0.25, -0.2) is 0 Å². The van der Waals surface area contributed by atoms with Crippen LogP contribution in [0, 0.1) is 0 Å². The molecule has 0 unspecified atom stereocenters. The van der Waals surface area contributed by atoms with Crippen LogP contribution in [-0.4, -0.2) is 62.9 Å². The molecule has 0 radical (unpaired) electrons. The zero-order valence-electron chi connectivity index (χ0n) is 12.5. The summed E-state index contributed by atoms with van der Waals surface area (Å²) < 4.78 is 22.5. The largest absolute Gasteiger partial charge is 0.394 e. The van der Waals surface area contributed by atoms with Crippen LogP contribution < -0.4 is 0 Å². The summed E-state index contributed by atoms with van der Waals surface area (Å²) >= 11 is 1.55. The summed E-state index contributed by atoms with van der Waals surface area (Å²) in [4.78, 5) is 1.08. The molecule has 1 aliphatic heterocycles. The molecular formula is C15H22O5S. The molecule has 1 aliphatic rings. The first-order valence-electron chi connectivity index (χ1n) is 6.81. The molecule has 21 heavy (non-hydrogen) atoms. The van der Waals surface area contributed by atoms with E-state index in [1.54, 1.807) is 33.1 Å². The lowest BCUT2D eigenvalue weighted by atomic mass is 9.99. The highest BCUT2D eigenvalue weighted by atomic mass is 32.2. The number of thioether (sulfide) groups is 1. The second-order valence-corrected chi connectivity index (χ2v) is 5.93. The van der Waals surface area contributed by atoms with Crippen LogP contribution in [0.3, 0.4) is 0 Å². The second kappa shape index (κ2) is 8.12. The minimum absolute atomic E-state index is 0.124. The summed E-state index contributed by atoms with van der Waals surface area (Å²) in [6, 6.07) is 9.94. The van der Waals surface area contributed by atoms with Crippen LogP contribution >= 0.6 is 11.8 Å². The second-order valence-electron chi connectivity index (χ2n) is 4.76. The summed E-state index contributed by atoms with van der Waals surface area (Å²) in [6.07, 6.45) is -1.38. The molecule has 1 aromatic rings. The lowest BCUT2D eigenvalue weighted by molar-refractivity contribution is -0.227. The Morgan fingerprint density at radius 2 is 1.62 bits per heavy atom. The van der Waals surface area contributed by atoms with E-state index < -0.39 is 6.10 Å². The van der Waals surface area contributed by atoms with Crippen molar-refractivity contribution in [3.63, 3.8) is 0 Å². The van der Waals surface area contributed by atoms with Crippen molar-refractivity contribution in [3.05, 3.63) is 30.3 Å². The monoisotopic (exact) mass is 314 g/mol. The lowest BCUT2D eigenvalue weighted by Crippen LogP contribution is -2.59. The SMILES string of the molecule is CO[C@@H]1[C@@H](OC)[C@H](Sc2ccccc2)O[C@H](CO)[C@H]1OC. The number of methoxy groups -OCH3 is 3. The van der Waals surface area contributed by atoms with E-state index in [9.17, 15) is 5.11 Å². The van der Waals surface area contributed by atoms with Gasteiger partial charge in [0.15, 0.2) is 0 Å². The molecule has 0 spiro atoms. The van der Waals surface area contributed by atoms with E-state index in [4.69, 9.17) is 18.9 Å². The Hall–Kier alpha value is -0.630. The maximum absolute atomic E-state index is 9.54. The average Bonchev–Trinajstić information content (AvgIpc) is 2.54. The highest BCUT2D eigenvalue weighted by Crippen LogP contribution is 2.36. The molecule has 5 nitrogen and oxygen atoms in total. The number of aliphatic hydroxyl groups excluding tert-OH is 1. The van der Waals surface area contributed by atoms with Crippen molar-refractivity contribution in [1.29, 1.82) is 0 Å². The molecule has 118 valence electrons. The Kier molecular flexibility index (Phi) is 6.47. The van der Waals surface area contributed by atoms with Gasteiger partial charge in [0.1, 0.15) is 29.9 Å². The zero-order chi connectivity index (χ0) is 15.2. The number of aliphatic hydroxyl groups is 1. The van der Waals surface area contributed by atoms with Crippen LogP contribution in [0.1, 0.15) is 0 Å². The third-order valence-corrected chi connectivity index (χ3v) is 4.74. The van der Waals surface area contributed by atoms with Crippen molar-refractivity contribution in [3.8, 4) is 0 Å². The van der Waals surface area contributed by atoms with Gasteiger partial charge in [-0.05, 0) is 12.1 Å². The van der Waals surface area contributed by atoms with E-state index >= 15 is 0 Å². The maximum atomic E-state index is 9.54. The predicted octanol–water partition coefficient (Wildman–Crippen LogP) is 1.54. The fourth-order valence-corrected chi connectivity index (χ4v) is 3.74.